The first-order chi connectivity index (χ1) is 18.0. The molecule has 1 rings (SSSR count). The molecule has 1 aromatic rings. The van der Waals surface area contributed by atoms with Crippen molar-refractivity contribution in [3.63, 3.8) is 0 Å². The van der Waals surface area contributed by atoms with E-state index in [1.54, 1.807) is 17.0 Å². The van der Waals surface area contributed by atoms with Gasteiger partial charge in [-0.3, -0.25) is 9.59 Å². The maximum atomic E-state index is 12.2. The molecule has 0 aliphatic heterocycles. The van der Waals surface area contributed by atoms with Crippen LogP contribution >= 0.6 is 0 Å². The smallest absolute Gasteiger partial charge is 0.311 e. The standard InChI is InChI=1S/C32H56N2O3/c1-2-3-4-5-6-7-8-9-10-11-12-13-14-15-16-17-18-19-20-27-34(32(37)31(33)36)28-21-22-29-23-25-30(35)26-24-29/h23-26,35H,2-22,27-28H2,1H3,(H2,33,36). The Morgan fingerprint density at radius 2 is 1.00 bits per heavy atom. The number of rotatable bonds is 24. The van der Waals surface area contributed by atoms with Gasteiger partial charge in [-0.25, -0.2) is 0 Å². The van der Waals surface area contributed by atoms with Crippen LogP contribution in [0.4, 0.5) is 0 Å². The Balaban J connectivity index is 1.96. The van der Waals surface area contributed by atoms with Crippen molar-refractivity contribution in [1.29, 1.82) is 0 Å². The summed E-state index contributed by atoms with van der Waals surface area (Å²) in [5.41, 5.74) is 6.36. The van der Waals surface area contributed by atoms with Crippen molar-refractivity contribution in [2.45, 2.75) is 142 Å². The summed E-state index contributed by atoms with van der Waals surface area (Å²) in [6.45, 7) is 3.40. The van der Waals surface area contributed by atoms with E-state index < -0.39 is 11.8 Å². The van der Waals surface area contributed by atoms with E-state index in [0.29, 0.717) is 13.1 Å². The summed E-state index contributed by atoms with van der Waals surface area (Å²) in [5.74, 6) is -1.20. The van der Waals surface area contributed by atoms with E-state index >= 15 is 0 Å². The zero-order chi connectivity index (χ0) is 27.0. The van der Waals surface area contributed by atoms with E-state index in [4.69, 9.17) is 5.73 Å². The SMILES string of the molecule is CCCCCCCCCCCCCCCCCCCCCN(CCCc1ccc(O)cc1)C(=O)C(N)=O. The maximum absolute atomic E-state index is 12.2. The van der Waals surface area contributed by atoms with Crippen LogP contribution in [0.5, 0.6) is 5.75 Å². The summed E-state index contributed by atoms with van der Waals surface area (Å²) in [6.07, 6.45) is 26.9. The monoisotopic (exact) mass is 516 g/mol. The van der Waals surface area contributed by atoms with Crippen LogP contribution in [0.15, 0.2) is 24.3 Å². The van der Waals surface area contributed by atoms with E-state index in [9.17, 15) is 14.7 Å². The van der Waals surface area contributed by atoms with Gasteiger partial charge in [0.15, 0.2) is 0 Å². The third-order valence-electron chi connectivity index (χ3n) is 7.36. The molecule has 5 heteroatoms. The topological polar surface area (TPSA) is 83.6 Å². The molecule has 0 fully saturated rings. The summed E-state index contributed by atoms with van der Waals surface area (Å²) >= 11 is 0. The first-order valence-corrected chi connectivity index (χ1v) is 15.4. The second kappa shape index (κ2) is 23.1. The largest absolute Gasteiger partial charge is 0.508 e. The van der Waals surface area contributed by atoms with Gasteiger partial charge in [0.1, 0.15) is 5.75 Å². The van der Waals surface area contributed by atoms with Crippen molar-refractivity contribution in [1.82, 2.24) is 4.90 Å². The highest BCUT2D eigenvalue weighted by atomic mass is 16.3. The molecule has 0 spiro atoms. The van der Waals surface area contributed by atoms with Crippen LogP contribution in [0.1, 0.15) is 141 Å². The van der Waals surface area contributed by atoms with Gasteiger partial charge in [0.05, 0.1) is 0 Å². The lowest BCUT2D eigenvalue weighted by molar-refractivity contribution is -0.144. The van der Waals surface area contributed by atoms with E-state index in [-0.39, 0.29) is 5.75 Å². The number of hydrogen-bond donors (Lipinski definition) is 2. The summed E-state index contributed by atoms with van der Waals surface area (Å²) in [6, 6.07) is 7.10. The number of amides is 2. The molecule has 0 unspecified atom stereocenters. The molecule has 0 aliphatic carbocycles. The molecule has 0 aromatic heterocycles. The van der Waals surface area contributed by atoms with Crippen molar-refractivity contribution in [2.24, 2.45) is 5.73 Å². The fourth-order valence-electron chi connectivity index (χ4n) is 4.99. The van der Waals surface area contributed by atoms with Gasteiger partial charge in [-0.2, -0.15) is 0 Å². The van der Waals surface area contributed by atoms with Gasteiger partial charge < -0.3 is 15.7 Å². The van der Waals surface area contributed by atoms with E-state index in [1.165, 1.54) is 109 Å². The molecule has 2 amide bonds. The number of primary amides is 1. The first-order valence-electron chi connectivity index (χ1n) is 15.4. The first kappa shape index (κ1) is 33.0. The number of nitrogens with zero attached hydrogens (tertiary/aromatic N) is 1. The molecule has 0 bridgehead atoms. The van der Waals surface area contributed by atoms with Crippen molar-refractivity contribution in [3.8, 4) is 5.75 Å². The highest BCUT2D eigenvalue weighted by Gasteiger charge is 2.18. The van der Waals surface area contributed by atoms with Crippen LogP contribution in [0.3, 0.4) is 0 Å². The number of aryl methyl sites for hydroxylation is 1. The van der Waals surface area contributed by atoms with Gasteiger partial charge in [-0.05, 0) is 37.0 Å². The molecule has 37 heavy (non-hydrogen) atoms. The number of aromatic hydroxyl groups is 1. The fourth-order valence-corrected chi connectivity index (χ4v) is 4.99. The van der Waals surface area contributed by atoms with Gasteiger partial charge in [0.25, 0.3) is 0 Å². The van der Waals surface area contributed by atoms with Crippen LogP contribution in [0, 0.1) is 0 Å². The number of benzene rings is 1. The molecule has 0 saturated heterocycles. The molecule has 0 atom stereocenters. The summed E-state index contributed by atoms with van der Waals surface area (Å²) < 4.78 is 0. The van der Waals surface area contributed by atoms with Crippen molar-refractivity contribution in [2.75, 3.05) is 13.1 Å². The maximum Gasteiger partial charge on any atom is 0.311 e. The molecule has 212 valence electrons. The van der Waals surface area contributed by atoms with Gasteiger partial charge in [-0.15, -0.1) is 0 Å². The number of carbonyl (C=O) groups excluding carboxylic acids is 2. The minimum atomic E-state index is -0.873. The van der Waals surface area contributed by atoms with Gasteiger partial charge in [-0.1, -0.05) is 135 Å². The Kier molecular flexibility index (Phi) is 20.6. The average Bonchev–Trinajstić information content (AvgIpc) is 2.89. The molecule has 0 aliphatic rings. The highest BCUT2D eigenvalue weighted by molar-refractivity contribution is 6.34. The zero-order valence-corrected chi connectivity index (χ0v) is 23.9. The lowest BCUT2D eigenvalue weighted by atomic mass is 10.0. The molecule has 0 saturated carbocycles. The third-order valence-corrected chi connectivity index (χ3v) is 7.36. The number of nitrogens with two attached hydrogens (primary N) is 1. The van der Waals surface area contributed by atoms with E-state index in [1.807, 2.05) is 12.1 Å². The Morgan fingerprint density at radius 1 is 0.622 bits per heavy atom. The average molecular weight is 517 g/mol. The molecular weight excluding hydrogens is 460 g/mol. The number of carbonyl (C=O) groups is 2. The van der Waals surface area contributed by atoms with Crippen molar-refractivity contribution >= 4 is 11.8 Å². The van der Waals surface area contributed by atoms with Crippen LogP contribution < -0.4 is 5.73 Å². The van der Waals surface area contributed by atoms with Crippen LogP contribution in [-0.4, -0.2) is 34.9 Å². The van der Waals surface area contributed by atoms with Crippen LogP contribution in [0.25, 0.3) is 0 Å². The highest BCUT2D eigenvalue weighted by Crippen LogP contribution is 2.15. The quantitative estimate of drug-likeness (QED) is 0.108. The minimum absolute atomic E-state index is 0.249. The van der Waals surface area contributed by atoms with Gasteiger partial charge in [0.2, 0.25) is 0 Å². The van der Waals surface area contributed by atoms with Crippen LogP contribution in [0.2, 0.25) is 0 Å². The third kappa shape index (κ3) is 18.8. The number of phenols is 1. The van der Waals surface area contributed by atoms with E-state index in [0.717, 1.165) is 31.2 Å². The molecule has 5 nitrogen and oxygen atoms in total. The molecule has 0 heterocycles. The van der Waals surface area contributed by atoms with Crippen LogP contribution in [-0.2, 0) is 16.0 Å². The minimum Gasteiger partial charge on any atom is -0.508 e. The number of phenolic OH excluding ortho intramolecular Hbond substituents is 1. The van der Waals surface area contributed by atoms with Crippen molar-refractivity contribution in [3.05, 3.63) is 29.8 Å². The second-order valence-electron chi connectivity index (χ2n) is 10.8. The Labute approximate surface area is 227 Å². The predicted molar refractivity (Wildman–Crippen MR) is 156 cm³/mol. The molecule has 0 radical (unpaired) electrons. The van der Waals surface area contributed by atoms with Gasteiger partial charge >= 0.3 is 11.8 Å². The normalized spacial score (nSPS) is 11.1. The van der Waals surface area contributed by atoms with Crippen molar-refractivity contribution < 1.29 is 14.7 Å². The Bertz CT molecular complexity index is 690. The number of hydrogen-bond acceptors (Lipinski definition) is 3. The fraction of sp³-hybridized carbons (Fsp3) is 0.750. The van der Waals surface area contributed by atoms with Gasteiger partial charge in [0, 0.05) is 13.1 Å². The second-order valence-corrected chi connectivity index (χ2v) is 10.8. The summed E-state index contributed by atoms with van der Waals surface area (Å²) in [4.78, 5) is 25.2. The summed E-state index contributed by atoms with van der Waals surface area (Å²) in [5, 5.41) is 9.39. The zero-order valence-electron chi connectivity index (χ0n) is 23.9. The molecule has 3 N–H and O–H groups in total. The predicted octanol–water partition coefficient (Wildman–Crippen LogP) is 8.07. The number of unbranched alkanes of at least 4 members (excludes halogenated alkanes) is 18. The lowest BCUT2D eigenvalue weighted by Crippen LogP contribution is -2.41. The molecular formula is C32H56N2O3. The Morgan fingerprint density at radius 3 is 1.41 bits per heavy atom. The Hall–Kier alpha value is -2.04. The molecule has 1 aromatic carbocycles. The van der Waals surface area contributed by atoms with E-state index in [2.05, 4.69) is 6.92 Å². The summed E-state index contributed by atoms with van der Waals surface area (Å²) in [7, 11) is 0. The lowest BCUT2D eigenvalue weighted by Gasteiger charge is -2.21.